The molecule has 174 valence electrons. The molecule has 3 amide bonds. The third-order valence-corrected chi connectivity index (χ3v) is 5.01. The molecular weight excluding hydrogens is 422 g/mol. The van der Waals surface area contributed by atoms with Crippen molar-refractivity contribution in [3.8, 4) is 0 Å². The number of carbonyl (C=O) groups is 5. The molecule has 0 unspecified atom stereocenters. The van der Waals surface area contributed by atoms with Crippen LogP contribution >= 0.6 is 0 Å². The van der Waals surface area contributed by atoms with E-state index in [0.29, 0.717) is 23.4 Å². The normalized spacial score (nSPS) is 17.5. The summed E-state index contributed by atoms with van der Waals surface area (Å²) in [6, 6.07) is 4.91. The second kappa shape index (κ2) is 11.8. The number of carboxylic acids is 2. The van der Waals surface area contributed by atoms with Gasteiger partial charge in [-0.3, -0.25) is 14.4 Å². The van der Waals surface area contributed by atoms with Crippen molar-refractivity contribution in [2.45, 2.75) is 57.3 Å². The standard InChI is InChI=1S/C21H27N3O8/c1-13(18(27)23-16(20(29)30)11-17(25)26)24(19(28)15-9-5-6-10-22-15)21(31)32-12-14-7-3-2-4-8-14/h2-4,7-8,13,15-16,22H,5-6,9-12H2,1H3,(H,23,27)(H,25,26)(H,29,30)/t13-,15-,16-/m0/s1. The fraction of sp³-hybridized carbons (Fsp3) is 0.476. The Morgan fingerprint density at radius 1 is 1.16 bits per heavy atom. The average Bonchev–Trinajstić information content (AvgIpc) is 2.78. The molecule has 0 aliphatic carbocycles. The average molecular weight is 449 g/mol. The van der Waals surface area contributed by atoms with E-state index in [1.807, 2.05) is 0 Å². The Morgan fingerprint density at radius 2 is 1.84 bits per heavy atom. The molecule has 1 aliphatic heterocycles. The predicted octanol–water partition coefficient (Wildman–Crippen LogP) is 0.727. The Kier molecular flexibility index (Phi) is 9.14. The van der Waals surface area contributed by atoms with E-state index in [1.165, 1.54) is 6.92 Å². The molecule has 32 heavy (non-hydrogen) atoms. The number of aliphatic carboxylic acids is 2. The van der Waals surface area contributed by atoms with Crippen molar-refractivity contribution in [1.82, 2.24) is 15.5 Å². The molecule has 2 rings (SSSR count). The highest BCUT2D eigenvalue weighted by Crippen LogP contribution is 2.15. The van der Waals surface area contributed by atoms with Gasteiger partial charge in [0.05, 0.1) is 12.5 Å². The van der Waals surface area contributed by atoms with E-state index in [1.54, 1.807) is 30.3 Å². The maximum absolute atomic E-state index is 13.1. The van der Waals surface area contributed by atoms with E-state index in [2.05, 4.69) is 10.6 Å². The minimum absolute atomic E-state index is 0.132. The Balaban J connectivity index is 2.18. The minimum atomic E-state index is -1.72. The molecule has 11 nitrogen and oxygen atoms in total. The highest BCUT2D eigenvalue weighted by atomic mass is 16.6. The first-order chi connectivity index (χ1) is 15.2. The smallest absolute Gasteiger partial charge is 0.417 e. The van der Waals surface area contributed by atoms with Gasteiger partial charge in [-0.1, -0.05) is 36.8 Å². The Hall–Kier alpha value is -3.47. The lowest BCUT2D eigenvalue weighted by atomic mass is 10.0. The van der Waals surface area contributed by atoms with Crippen LogP contribution in [-0.4, -0.2) is 69.6 Å². The van der Waals surface area contributed by atoms with E-state index in [0.717, 1.165) is 12.8 Å². The van der Waals surface area contributed by atoms with Crippen molar-refractivity contribution in [3.05, 3.63) is 35.9 Å². The molecule has 3 atom stereocenters. The molecular formula is C21H27N3O8. The monoisotopic (exact) mass is 449 g/mol. The number of rotatable bonds is 9. The van der Waals surface area contributed by atoms with Gasteiger partial charge in [-0.05, 0) is 31.9 Å². The lowest BCUT2D eigenvalue weighted by molar-refractivity contribution is -0.148. The van der Waals surface area contributed by atoms with Gasteiger partial charge in [0.15, 0.2) is 0 Å². The van der Waals surface area contributed by atoms with Crippen LogP contribution in [0.3, 0.4) is 0 Å². The van der Waals surface area contributed by atoms with Crippen molar-refractivity contribution in [2.75, 3.05) is 6.54 Å². The van der Waals surface area contributed by atoms with Crippen molar-refractivity contribution in [2.24, 2.45) is 0 Å². The molecule has 0 radical (unpaired) electrons. The molecule has 1 aromatic rings. The van der Waals surface area contributed by atoms with Crippen LogP contribution in [0.4, 0.5) is 4.79 Å². The minimum Gasteiger partial charge on any atom is -0.481 e. The molecule has 1 fully saturated rings. The van der Waals surface area contributed by atoms with Crippen LogP contribution < -0.4 is 10.6 Å². The lowest BCUT2D eigenvalue weighted by Crippen LogP contribution is -2.58. The zero-order chi connectivity index (χ0) is 23.7. The molecule has 0 saturated carbocycles. The van der Waals surface area contributed by atoms with E-state index in [4.69, 9.17) is 14.9 Å². The largest absolute Gasteiger partial charge is 0.481 e. The Labute approximate surface area is 184 Å². The fourth-order valence-electron chi connectivity index (χ4n) is 3.24. The van der Waals surface area contributed by atoms with Gasteiger partial charge in [-0.2, -0.15) is 0 Å². The van der Waals surface area contributed by atoms with Crippen LogP contribution in [0.2, 0.25) is 0 Å². The van der Waals surface area contributed by atoms with Crippen LogP contribution in [0, 0.1) is 0 Å². The molecule has 1 heterocycles. The fourth-order valence-corrected chi connectivity index (χ4v) is 3.24. The summed E-state index contributed by atoms with van der Waals surface area (Å²) < 4.78 is 5.24. The van der Waals surface area contributed by atoms with Crippen LogP contribution in [0.5, 0.6) is 0 Å². The summed E-state index contributed by atoms with van der Waals surface area (Å²) in [4.78, 5) is 61.3. The van der Waals surface area contributed by atoms with Gasteiger partial charge in [-0.15, -0.1) is 0 Å². The maximum Gasteiger partial charge on any atom is 0.417 e. The number of carboxylic acid groups (broad SMARTS) is 2. The summed E-state index contributed by atoms with van der Waals surface area (Å²) in [5, 5.41) is 23.1. The third-order valence-electron chi connectivity index (χ3n) is 5.01. The maximum atomic E-state index is 13.1. The van der Waals surface area contributed by atoms with Gasteiger partial charge in [0.1, 0.15) is 18.7 Å². The van der Waals surface area contributed by atoms with Crippen LogP contribution in [0.15, 0.2) is 30.3 Å². The van der Waals surface area contributed by atoms with Crippen LogP contribution in [0.25, 0.3) is 0 Å². The summed E-state index contributed by atoms with van der Waals surface area (Å²) in [5.41, 5.74) is 0.675. The van der Waals surface area contributed by atoms with E-state index < -0.39 is 54.4 Å². The topological polar surface area (TPSA) is 162 Å². The lowest BCUT2D eigenvalue weighted by Gasteiger charge is -2.31. The third kappa shape index (κ3) is 7.05. The zero-order valence-corrected chi connectivity index (χ0v) is 17.7. The first kappa shape index (κ1) is 24.8. The zero-order valence-electron chi connectivity index (χ0n) is 17.7. The van der Waals surface area contributed by atoms with Gasteiger partial charge in [0, 0.05) is 0 Å². The number of hydrogen-bond donors (Lipinski definition) is 4. The van der Waals surface area contributed by atoms with Crippen LogP contribution in [0.1, 0.15) is 38.2 Å². The van der Waals surface area contributed by atoms with Crippen molar-refractivity contribution in [1.29, 1.82) is 0 Å². The second-order valence-electron chi connectivity index (χ2n) is 7.42. The number of imide groups is 1. The first-order valence-electron chi connectivity index (χ1n) is 10.2. The summed E-state index contributed by atoms with van der Waals surface area (Å²) in [5.74, 6) is -4.63. The molecule has 1 aromatic carbocycles. The summed E-state index contributed by atoms with van der Waals surface area (Å²) in [6.07, 6.45) is 0.181. The van der Waals surface area contributed by atoms with Crippen molar-refractivity contribution in [3.63, 3.8) is 0 Å². The SMILES string of the molecule is C[C@@H](C(=O)N[C@@H](CC(=O)O)C(=O)O)N(C(=O)OCc1ccccc1)C(=O)[C@@H]1CCCCN1. The molecule has 0 bridgehead atoms. The van der Waals surface area contributed by atoms with Crippen molar-refractivity contribution >= 4 is 29.8 Å². The summed E-state index contributed by atoms with van der Waals surface area (Å²) >= 11 is 0. The van der Waals surface area contributed by atoms with Gasteiger partial charge in [0.2, 0.25) is 11.8 Å². The number of benzene rings is 1. The highest BCUT2D eigenvalue weighted by Gasteiger charge is 2.38. The molecule has 1 saturated heterocycles. The molecule has 0 aromatic heterocycles. The second-order valence-corrected chi connectivity index (χ2v) is 7.42. The summed E-state index contributed by atoms with van der Waals surface area (Å²) in [6.45, 7) is 1.69. The molecule has 0 spiro atoms. The number of carbonyl (C=O) groups excluding carboxylic acids is 3. The molecule has 4 N–H and O–H groups in total. The number of nitrogens with zero attached hydrogens (tertiary/aromatic N) is 1. The predicted molar refractivity (Wildman–Crippen MR) is 110 cm³/mol. The Bertz CT molecular complexity index is 839. The van der Waals surface area contributed by atoms with E-state index in [9.17, 15) is 24.0 Å². The number of piperidine rings is 1. The molecule has 11 heteroatoms. The molecule has 1 aliphatic rings. The quantitative estimate of drug-likeness (QED) is 0.425. The number of amides is 3. The van der Waals surface area contributed by atoms with E-state index in [-0.39, 0.29) is 6.61 Å². The van der Waals surface area contributed by atoms with Crippen LogP contribution in [-0.2, 0) is 30.5 Å². The number of hydrogen-bond acceptors (Lipinski definition) is 7. The highest BCUT2D eigenvalue weighted by molar-refractivity contribution is 6.00. The van der Waals surface area contributed by atoms with E-state index >= 15 is 0 Å². The summed E-state index contributed by atoms with van der Waals surface area (Å²) in [7, 11) is 0. The van der Waals surface area contributed by atoms with Gasteiger partial charge in [-0.25, -0.2) is 14.5 Å². The van der Waals surface area contributed by atoms with Gasteiger partial charge in [0.25, 0.3) is 0 Å². The van der Waals surface area contributed by atoms with Crippen molar-refractivity contribution < 1.29 is 38.9 Å². The van der Waals surface area contributed by atoms with Gasteiger partial charge >= 0.3 is 18.0 Å². The Morgan fingerprint density at radius 3 is 2.41 bits per heavy atom. The number of ether oxygens (including phenoxy) is 1. The van der Waals surface area contributed by atoms with Gasteiger partial charge < -0.3 is 25.6 Å². The number of nitrogens with one attached hydrogen (secondary N) is 2. The first-order valence-corrected chi connectivity index (χ1v) is 10.2.